The minimum atomic E-state index is -3.40. The van der Waals surface area contributed by atoms with Gasteiger partial charge in [-0.3, -0.25) is 0 Å². The predicted octanol–water partition coefficient (Wildman–Crippen LogP) is 2.93. The van der Waals surface area contributed by atoms with E-state index in [1.54, 1.807) is 26.2 Å². The van der Waals surface area contributed by atoms with Crippen LogP contribution < -0.4 is 5.32 Å². The molecule has 0 spiro atoms. The Balaban J connectivity index is 2.29. The molecule has 2 unspecified atom stereocenters. The molecular formula is C15H24N2O2S. The van der Waals surface area contributed by atoms with Crippen LogP contribution >= 0.6 is 0 Å². The summed E-state index contributed by atoms with van der Waals surface area (Å²) in [6.45, 7) is 2.24. The first-order valence-corrected chi connectivity index (χ1v) is 8.65. The number of nitrogens with one attached hydrogen (secondary N) is 1. The summed E-state index contributed by atoms with van der Waals surface area (Å²) in [5, 5.41) is 3.45. The fraction of sp³-hybridized carbons (Fsp3) is 0.600. The van der Waals surface area contributed by atoms with Gasteiger partial charge in [0.25, 0.3) is 0 Å². The van der Waals surface area contributed by atoms with Crippen LogP contribution in [0.15, 0.2) is 29.2 Å². The van der Waals surface area contributed by atoms with Crippen molar-refractivity contribution < 1.29 is 8.42 Å². The molecule has 5 heteroatoms. The Morgan fingerprint density at radius 1 is 1.15 bits per heavy atom. The highest BCUT2D eigenvalue weighted by Crippen LogP contribution is 2.30. The van der Waals surface area contributed by atoms with Crippen molar-refractivity contribution in [3.05, 3.63) is 24.3 Å². The quantitative estimate of drug-likeness (QED) is 0.929. The lowest BCUT2D eigenvalue weighted by atomic mass is 9.86. The molecule has 20 heavy (non-hydrogen) atoms. The van der Waals surface area contributed by atoms with Gasteiger partial charge in [-0.2, -0.15) is 0 Å². The highest BCUT2D eigenvalue weighted by atomic mass is 32.2. The van der Waals surface area contributed by atoms with E-state index in [-0.39, 0.29) is 0 Å². The lowest BCUT2D eigenvalue weighted by Crippen LogP contribution is -2.31. The van der Waals surface area contributed by atoms with Crippen molar-refractivity contribution in [1.29, 1.82) is 0 Å². The first-order chi connectivity index (χ1) is 9.43. The molecule has 0 heterocycles. The maximum atomic E-state index is 12.4. The Labute approximate surface area is 122 Å². The van der Waals surface area contributed by atoms with Gasteiger partial charge < -0.3 is 5.32 Å². The number of sulfonamides is 1. The number of hydrogen-bond acceptors (Lipinski definition) is 3. The standard InChI is InChI=1S/C15H24N2O2S/c1-12-8-4-5-9-13(12)16-14-10-6-7-11-15(14)20(18,19)17(2)3/h6-7,10-13,16H,4-5,8-9H2,1-3H3. The summed E-state index contributed by atoms with van der Waals surface area (Å²) < 4.78 is 26.0. The molecule has 4 nitrogen and oxygen atoms in total. The third-order valence-electron chi connectivity index (χ3n) is 4.10. The first-order valence-electron chi connectivity index (χ1n) is 7.21. The topological polar surface area (TPSA) is 49.4 Å². The molecule has 0 radical (unpaired) electrons. The van der Waals surface area contributed by atoms with E-state index in [0.717, 1.165) is 12.1 Å². The summed E-state index contributed by atoms with van der Waals surface area (Å²) in [6, 6.07) is 7.54. The lowest BCUT2D eigenvalue weighted by Gasteiger charge is -2.31. The van der Waals surface area contributed by atoms with Gasteiger partial charge in [-0.1, -0.05) is 31.9 Å². The highest BCUT2D eigenvalue weighted by molar-refractivity contribution is 7.89. The molecule has 112 valence electrons. The van der Waals surface area contributed by atoms with E-state index in [4.69, 9.17) is 0 Å². The van der Waals surface area contributed by atoms with Crippen LogP contribution in [0.5, 0.6) is 0 Å². The average Bonchev–Trinajstić information content (AvgIpc) is 2.41. The SMILES string of the molecule is CC1CCCCC1Nc1ccccc1S(=O)(=O)N(C)C. The van der Waals surface area contributed by atoms with E-state index in [1.165, 1.54) is 23.6 Å². The van der Waals surface area contributed by atoms with Crippen LogP contribution in [-0.2, 0) is 10.0 Å². The highest BCUT2D eigenvalue weighted by Gasteiger charge is 2.25. The van der Waals surface area contributed by atoms with Crippen molar-refractivity contribution in [2.45, 2.75) is 43.5 Å². The summed E-state index contributed by atoms with van der Waals surface area (Å²) in [5.41, 5.74) is 0.722. The van der Waals surface area contributed by atoms with Gasteiger partial charge in [-0.05, 0) is 30.9 Å². The minimum Gasteiger partial charge on any atom is -0.381 e. The number of benzene rings is 1. The van der Waals surface area contributed by atoms with Gasteiger partial charge in [0.2, 0.25) is 10.0 Å². The molecule has 0 saturated heterocycles. The van der Waals surface area contributed by atoms with Gasteiger partial charge in [0.1, 0.15) is 4.90 Å². The fourth-order valence-corrected chi connectivity index (χ4v) is 3.79. The second-order valence-electron chi connectivity index (χ2n) is 5.80. The van der Waals surface area contributed by atoms with Crippen molar-refractivity contribution in [2.24, 2.45) is 5.92 Å². The molecule has 2 rings (SSSR count). The zero-order valence-corrected chi connectivity index (χ0v) is 13.3. The number of para-hydroxylation sites is 1. The average molecular weight is 296 g/mol. The largest absolute Gasteiger partial charge is 0.381 e. The van der Waals surface area contributed by atoms with Crippen LogP contribution in [0.25, 0.3) is 0 Å². The lowest BCUT2D eigenvalue weighted by molar-refractivity contribution is 0.349. The third kappa shape index (κ3) is 3.15. The van der Waals surface area contributed by atoms with Crippen LogP contribution in [0.2, 0.25) is 0 Å². The van der Waals surface area contributed by atoms with E-state index >= 15 is 0 Å². The molecule has 1 aromatic carbocycles. The van der Waals surface area contributed by atoms with Crippen molar-refractivity contribution in [2.75, 3.05) is 19.4 Å². The van der Waals surface area contributed by atoms with Crippen LogP contribution in [0.3, 0.4) is 0 Å². The van der Waals surface area contributed by atoms with E-state index in [1.807, 2.05) is 12.1 Å². The monoisotopic (exact) mass is 296 g/mol. The van der Waals surface area contributed by atoms with E-state index in [9.17, 15) is 8.42 Å². The summed E-state index contributed by atoms with van der Waals surface area (Å²) in [6.07, 6.45) is 4.80. The van der Waals surface area contributed by atoms with E-state index in [0.29, 0.717) is 16.9 Å². The van der Waals surface area contributed by atoms with Crippen molar-refractivity contribution >= 4 is 15.7 Å². The Morgan fingerprint density at radius 2 is 1.80 bits per heavy atom. The molecule has 0 aliphatic heterocycles. The summed E-state index contributed by atoms with van der Waals surface area (Å²) in [4.78, 5) is 0.364. The smallest absolute Gasteiger partial charge is 0.244 e. The van der Waals surface area contributed by atoms with E-state index < -0.39 is 10.0 Å². The van der Waals surface area contributed by atoms with Crippen LogP contribution in [0.4, 0.5) is 5.69 Å². The molecule has 1 saturated carbocycles. The second kappa shape index (κ2) is 6.14. The summed E-state index contributed by atoms with van der Waals surface area (Å²) in [7, 11) is -0.275. The van der Waals surface area contributed by atoms with Gasteiger partial charge in [0, 0.05) is 20.1 Å². The van der Waals surface area contributed by atoms with Gasteiger partial charge in [0.15, 0.2) is 0 Å². The zero-order valence-electron chi connectivity index (χ0n) is 12.5. The molecule has 1 aliphatic rings. The molecular weight excluding hydrogens is 272 g/mol. The molecule has 1 aliphatic carbocycles. The number of hydrogen-bond donors (Lipinski definition) is 1. The molecule has 2 atom stereocenters. The van der Waals surface area contributed by atoms with Crippen LogP contribution in [-0.4, -0.2) is 32.9 Å². The Kier molecular flexibility index (Phi) is 4.70. The maximum absolute atomic E-state index is 12.4. The Bertz CT molecular complexity index is 555. The van der Waals surface area contributed by atoms with Crippen LogP contribution in [0.1, 0.15) is 32.6 Å². The van der Waals surface area contributed by atoms with E-state index in [2.05, 4.69) is 12.2 Å². The van der Waals surface area contributed by atoms with Gasteiger partial charge >= 0.3 is 0 Å². The predicted molar refractivity (Wildman–Crippen MR) is 82.4 cm³/mol. The second-order valence-corrected chi connectivity index (χ2v) is 7.92. The number of anilines is 1. The molecule has 0 bridgehead atoms. The van der Waals surface area contributed by atoms with Gasteiger partial charge in [-0.25, -0.2) is 12.7 Å². The first kappa shape index (κ1) is 15.3. The molecule has 1 N–H and O–H groups in total. The number of rotatable bonds is 4. The molecule has 0 amide bonds. The Hall–Kier alpha value is -1.07. The number of nitrogens with zero attached hydrogens (tertiary/aromatic N) is 1. The van der Waals surface area contributed by atoms with Crippen LogP contribution in [0, 0.1) is 5.92 Å². The molecule has 1 fully saturated rings. The minimum absolute atomic E-state index is 0.363. The summed E-state index contributed by atoms with van der Waals surface area (Å²) in [5.74, 6) is 0.582. The summed E-state index contributed by atoms with van der Waals surface area (Å²) >= 11 is 0. The van der Waals surface area contributed by atoms with Gasteiger partial charge in [-0.15, -0.1) is 0 Å². The normalized spacial score (nSPS) is 23.8. The zero-order chi connectivity index (χ0) is 14.8. The van der Waals surface area contributed by atoms with Gasteiger partial charge in [0.05, 0.1) is 5.69 Å². The fourth-order valence-electron chi connectivity index (χ4n) is 2.74. The van der Waals surface area contributed by atoms with Crippen molar-refractivity contribution in [3.63, 3.8) is 0 Å². The third-order valence-corrected chi connectivity index (χ3v) is 5.97. The van der Waals surface area contributed by atoms with Crippen molar-refractivity contribution in [3.8, 4) is 0 Å². The maximum Gasteiger partial charge on any atom is 0.244 e. The van der Waals surface area contributed by atoms with Crippen molar-refractivity contribution in [1.82, 2.24) is 4.31 Å². The molecule has 0 aromatic heterocycles. The molecule has 1 aromatic rings. The Morgan fingerprint density at radius 3 is 2.45 bits per heavy atom.